The van der Waals surface area contributed by atoms with E-state index in [9.17, 15) is 0 Å². The smallest absolute Gasteiger partial charge is 0.133 e. The Balaban J connectivity index is 1.88. The molecule has 1 aromatic rings. The zero-order valence-corrected chi connectivity index (χ0v) is 12.6. The first-order chi connectivity index (χ1) is 9.22. The maximum atomic E-state index is 5.68. The number of hydrogen-bond donors (Lipinski definition) is 1. The molecule has 1 saturated heterocycles. The highest BCUT2D eigenvalue weighted by molar-refractivity contribution is 7.98. The van der Waals surface area contributed by atoms with E-state index in [2.05, 4.69) is 32.8 Å². The first-order valence-electron chi connectivity index (χ1n) is 6.76. The van der Waals surface area contributed by atoms with Gasteiger partial charge < -0.3 is 10.6 Å². The van der Waals surface area contributed by atoms with E-state index < -0.39 is 0 Å². The topological polar surface area (TPSA) is 58.3 Å². The molecule has 19 heavy (non-hydrogen) atoms. The largest absolute Gasteiger partial charge is 0.354 e. The fourth-order valence-corrected chi connectivity index (χ4v) is 2.67. The van der Waals surface area contributed by atoms with Crippen molar-refractivity contribution in [3.63, 3.8) is 0 Å². The van der Waals surface area contributed by atoms with Crippen molar-refractivity contribution in [1.82, 2.24) is 14.9 Å². The minimum atomic E-state index is 0.577. The lowest BCUT2D eigenvalue weighted by atomic mass is 10.1. The molecule has 2 heterocycles. The van der Waals surface area contributed by atoms with Crippen LogP contribution in [0.2, 0.25) is 0 Å². The fraction of sp³-hybridized carbons (Fsp3) is 0.692. The van der Waals surface area contributed by atoms with Gasteiger partial charge in [0.05, 0.1) is 0 Å². The summed E-state index contributed by atoms with van der Waals surface area (Å²) in [6.07, 6.45) is 3.70. The second kappa shape index (κ2) is 7.07. The van der Waals surface area contributed by atoms with Crippen molar-refractivity contribution < 1.29 is 0 Å². The Kier molecular flexibility index (Phi) is 5.42. The SMILES string of the molecule is CSc1cc(N2CCN(CC(C)CN)CC2)ncn1. The van der Waals surface area contributed by atoms with Gasteiger partial charge in [-0.05, 0) is 18.7 Å². The van der Waals surface area contributed by atoms with E-state index in [4.69, 9.17) is 5.73 Å². The third-order valence-electron chi connectivity index (χ3n) is 3.51. The van der Waals surface area contributed by atoms with Crippen LogP contribution in [-0.4, -0.2) is 60.4 Å². The summed E-state index contributed by atoms with van der Waals surface area (Å²) in [7, 11) is 0. The van der Waals surface area contributed by atoms with Crippen molar-refractivity contribution in [3.8, 4) is 0 Å². The van der Waals surface area contributed by atoms with Gasteiger partial charge in [0.1, 0.15) is 17.2 Å². The molecule has 6 heteroatoms. The van der Waals surface area contributed by atoms with Gasteiger partial charge in [-0.1, -0.05) is 6.92 Å². The molecule has 1 fully saturated rings. The van der Waals surface area contributed by atoms with E-state index in [1.165, 1.54) is 0 Å². The van der Waals surface area contributed by atoms with E-state index in [0.717, 1.165) is 50.1 Å². The average molecular weight is 281 g/mol. The minimum Gasteiger partial charge on any atom is -0.354 e. The average Bonchev–Trinajstić information content (AvgIpc) is 2.48. The maximum absolute atomic E-state index is 5.68. The molecule has 1 aliphatic rings. The number of anilines is 1. The van der Waals surface area contributed by atoms with Crippen LogP contribution in [0.1, 0.15) is 6.92 Å². The van der Waals surface area contributed by atoms with Crippen molar-refractivity contribution >= 4 is 17.6 Å². The summed E-state index contributed by atoms with van der Waals surface area (Å²) in [6, 6.07) is 2.07. The molecule has 0 aliphatic carbocycles. The van der Waals surface area contributed by atoms with Gasteiger partial charge in [-0.15, -0.1) is 11.8 Å². The summed E-state index contributed by atoms with van der Waals surface area (Å²) in [5, 5.41) is 1.03. The Morgan fingerprint density at radius 3 is 2.68 bits per heavy atom. The van der Waals surface area contributed by atoms with Crippen molar-refractivity contribution in [1.29, 1.82) is 0 Å². The minimum absolute atomic E-state index is 0.577. The highest BCUT2D eigenvalue weighted by atomic mass is 32.2. The fourth-order valence-electron chi connectivity index (χ4n) is 2.29. The Morgan fingerprint density at radius 2 is 2.05 bits per heavy atom. The van der Waals surface area contributed by atoms with E-state index in [0.29, 0.717) is 5.92 Å². The number of nitrogens with two attached hydrogens (primary N) is 1. The molecule has 2 N–H and O–H groups in total. The lowest BCUT2D eigenvalue weighted by molar-refractivity contribution is 0.226. The van der Waals surface area contributed by atoms with Gasteiger partial charge in [-0.2, -0.15) is 0 Å². The highest BCUT2D eigenvalue weighted by Gasteiger charge is 2.19. The number of piperazine rings is 1. The Morgan fingerprint density at radius 1 is 1.32 bits per heavy atom. The van der Waals surface area contributed by atoms with E-state index >= 15 is 0 Å². The van der Waals surface area contributed by atoms with Gasteiger partial charge in [0.15, 0.2) is 0 Å². The van der Waals surface area contributed by atoms with Crippen molar-refractivity contribution in [2.24, 2.45) is 11.7 Å². The van der Waals surface area contributed by atoms with Crippen LogP contribution < -0.4 is 10.6 Å². The van der Waals surface area contributed by atoms with Crippen LogP contribution in [0.15, 0.2) is 17.4 Å². The predicted molar refractivity (Wildman–Crippen MR) is 80.7 cm³/mol. The third kappa shape index (κ3) is 4.06. The molecule has 106 valence electrons. The maximum Gasteiger partial charge on any atom is 0.133 e. The highest BCUT2D eigenvalue weighted by Crippen LogP contribution is 2.18. The Hall–Kier alpha value is -0.850. The summed E-state index contributed by atoms with van der Waals surface area (Å²) in [5.41, 5.74) is 5.68. The van der Waals surface area contributed by atoms with E-state index in [1.807, 2.05) is 6.26 Å². The van der Waals surface area contributed by atoms with Crippen LogP contribution in [0.4, 0.5) is 5.82 Å². The van der Waals surface area contributed by atoms with Gasteiger partial charge in [-0.25, -0.2) is 9.97 Å². The molecule has 0 spiro atoms. The third-order valence-corrected chi connectivity index (χ3v) is 4.15. The summed E-state index contributed by atoms with van der Waals surface area (Å²) in [6.45, 7) is 8.31. The quantitative estimate of drug-likeness (QED) is 0.640. The Labute approximate surface area is 119 Å². The van der Waals surface area contributed by atoms with E-state index in [-0.39, 0.29) is 0 Å². The van der Waals surface area contributed by atoms with Gasteiger partial charge in [0, 0.05) is 38.8 Å². The van der Waals surface area contributed by atoms with Crippen LogP contribution >= 0.6 is 11.8 Å². The van der Waals surface area contributed by atoms with Crippen LogP contribution in [0.25, 0.3) is 0 Å². The number of aromatic nitrogens is 2. The lowest BCUT2D eigenvalue weighted by Crippen LogP contribution is -2.48. The number of thioether (sulfide) groups is 1. The van der Waals surface area contributed by atoms with Crippen molar-refractivity contribution in [2.75, 3.05) is 50.4 Å². The molecular weight excluding hydrogens is 258 g/mol. The molecule has 0 aromatic carbocycles. The van der Waals surface area contributed by atoms with Gasteiger partial charge in [0.25, 0.3) is 0 Å². The molecule has 0 bridgehead atoms. The lowest BCUT2D eigenvalue weighted by Gasteiger charge is -2.36. The molecule has 1 aliphatic heterocycles. The normalized spacial score (nSPS) is 18.6. The van der Waals surface area contributed by atoms with Crippen molar-refractivity contribution in [2.45, 2.75) is 11.9 Å². The molecule has 0 amide bonds. The molecule has 1 aromatic heterocycles. The van der Waals surface area contributed by atoms with Gasteiger partial charge in [-0.3, -0.25) is 4.90 Å². The van der Waals surface area contributed by atoms with Gasteiger partial charge >= 0.3 is 0 Å². The number of rotatable bonds is 5. The van der Waals surface area contributed by atoms with Gasteiger partial charge in [0.2, 0.25) is 0 Å². The second-order valence-electron chi connectivity index (χ2n) is 5.05. The summed E-state index contributed by atoms with van der Waals surface area (Å²) in [5.74, 6) is 1.62. The summed E-state index contributed by atoms with van der Waals surface area (Å²) < 4.78 is 0. The van der Waals surface area contributed by atoms with Crippen LogP contribution in [-0.2, 0) is 0 Å². The zero-order chi connectivity index (χ0) is 13.7. The van der Waals surface area contributed by atoms with Crippen molar-refractivity contribution in [3.05, 3.63) is 12.4 Å². The van der Waals surface area contributed by atoms with Crippen LogP contribution in [0.5, 0.6) is 0 Å². The first-order valence-corrected chi connectivity index (χ1v) is 7.98. The molecule has 5 nitrogen and oxygen atoms in total. The van der Waals surface area contributed by atoms with E-state index in [1.54, 1.807) is 18.1 Å². The number of nitrogens with zero attached hydrogens (tertiary/aromatic N) is 4. The molecular formula is C13H23N5S. The number of hydrogen-bond acceptors (Lipinski definition) is 6. The molecule has 0 radical (unpaired) electrons. The Bertz CT molecular complexity index is 392. The second-order valence-corrected chi connectivity index (χ2v) is 5.87. The molecule has 1 unspecified atom stereocenters. The predicted octanol–water partition coefficient (Wildman–Crippen LogP) is 0.915. The molecule has 2 rings (SSSR count). The standard InChI is InChI=1S/C13H23N5S/c1-11(8-14)9-17-3-5-18(6-4-17)12-7-13(19-2)16-10-15-12/h7,10-11H,3-6,8-9,14H2,1-2H3. The van der Waals surface area contributed by atoms with Crippen LogP contribution in [0.3, 0.4) is 0 Å². The van der Waals surface area contributed by atoms with Crippen LogP contribution in [0, 0.1) is 5.92 Å². The first kappa shape index (κ1) is 14.6. The zero-order valence-electron chi connectivity index (χ0n) is 11.7. The summed E-state index contributed by atoms with van der Waals surface area (Å²) >= 11 is 1.66. The summed E-state index contributed by atoms with van der Waals surface area (Å²) in [4.78, 5) is 13.4. The monoisotopic (exact) mass is 281 g/mol. The molecule has 1 atom stereocenters. The molecule has 0 saturated carbocycles.